The largest absolute Gasteiger partial charge is 0.496 e. The van der Waals surface area contributed by atoms with E-state index in [-0.39, 0.29) is 11.9 Å². The van der Waals surface area contributed by atoms with Crippen molar-refractivity contribution >= 4 is 5.91 Å². The lowest BCUT2D eigenvalue weighted by Gasteiger charge is -2.21. The summed E-state index contributed by atoms with van der Waals surface area (Å²) in [6.45, 7) is 4.99. The second-order valence-corrected chi connectivity index (χ2v) is 5.78. The Morgan fingerprint density at radius 2 is 1.88 bits per heavy atom. The Hall–Kier alpha value is -2.69. The molecule has 0 bridgehead atoms. The molecule has 1 atom stereocenters. The number of carbonyl (C=O) groups is 1. The van der Waals surface area contributed by atoms with Crippen molar-refractivity contribution in [3.05, 3.63) is 53.1 Å². The summed E-state index contributed by atoms with van der Waals surface area (Å²) in [6.07, 6.45) is 0. The highest BCUT2D eigenvalue weighted by Gasteiger charge is 2.17. The third-order valence-corrected chi connectivity index (χ3v) is 4.08. The summed E-state index contributed by atoms with van der Waals surface area (Å²) in [5, 5.41) is 3.00. The standard InChI is InChI=1S/C19H21NO4/c1-12-4-5-15(11-17(12)22-3)19(21)20-13(2)14-6-7-16-18(10-14)24-9-8-23-16/h4-7,10-11,13H,8-9H2,1-3H3,(H,20,21). The number of ether oxygens (including phenoxy) is 3. The number of rotatable bonds is 4. The van der Waals surface area contributed by atoms with Gasteiger partial charge in [0, 0.05) is 5.56 Å². The predicted molar refractivity (Wildman–Crippen MR) is 91.0 cm³/mol. The molecule has 0 fully saturated rings. The van der Waals surface area contributed by atoms with Crippen molar-refractivity contribution < 1.29 is 19.0 Å². The van der Waals surface area contributed by atoms with Crippen LogP contribution in [-0.2, 0) is 0 Å². The first-order chi connectivity index (χ1) is 11.6. The Morgan fingerprint density at radius 3 is 2.62 bits per heavy atom. The molecule has 24 heavy (non-hydrogen) atoms. The van der Waals surface area contributed by atoms with Gasteiger partial charge in [0.2, 0.25) is 0 Å². The molecule has 0 spiro atoms. The van der Waals surface area contributed by atoms with Gasteiger partial charge in [-0.3, -0.25) is 4.79 Å². The number of benzene rings is 2. The Labute approximate surface area is 141 Å². The minimum Gasteiger partial charge on any atom is -0.496 e. The fourth-order valence-electron chi connectivity index (χ4n) is 2.65. The predicted octanol–water partition coefficient (Wildman–Crippen LogP) is 3.27. The maximum absolute atomic E-state index is 12.5. The number of carbonyl (C=O) groups excluding carboxylic acids is 1. The molecule has 0 aliphatic carbocycles. The molecule has 1 amide bonds. The summed E-state index contributed by atoms with van der Waals surface area (Å²) in [4.78, 5) is 12.5. The lowest BCUT2D eigenvalue weighted by molar-refractivity contribution is 0.0939. The van der Waals surface area contributed by atoms with Gasteiger partial charge in [0.15, 0.2) is 11.5 Å². The lowest BCUT2D eigenvalue weighted by atomic mass is 10.1. The maximum atomic E-state index is 12.5. The highest BCUT2D eigenvalue weighted by atomic mass is 16.6. The van der Waals surface area contributed by atoms with Crippen molar-refractivity contribution in [3.8, 4) is 17.2 Å². The molecule has 5 heteroatoms. The zero-order valence-electron chi connectivity index (χ0n) is 14.1. The topological polar surface area (TPSA) is 56.8 Å². The maximum Gasteiger partial charge on any atom is 0.251 e. The molecule has 0 saturated carbocycles. The Kier molecular flexibility index (Phi) is 4.60. The van der Waals surface area contributed by atoms with Crippen LogP contribution in [0.25, 0.3) is 0 Å². The Balaban J connectivity index is 1.74. The SMILES string of the molecule is COc1cc(C(=O)NC(C)c2ccc3c(c2)OCCO3)ccc1C. The molecule has 2 aromatic carbocycles. The van der Waals surface area contributed by atoms with Gasteiger partial charge in [-0.25, -0.2) is 0 Å². The van der Waals surface area contributed by atoms with Crippen LogP contribution in [-0.4, -0.2) is 26.2 Å². The van der Waals surface area contributed by atoms with Crippen molar-refractivity contribution in [1.82, 2.24) is 5.32 Å². The average molecular weight is 327 g/mol. The first kappa shape index (κ1) is 16.2. The van der Waals surface area contributed by atoms with Crippen molar-refractivity contribution in [3.63, 3.8) is 0 Å². The highest BCUT2D eigenvalue weighted by molar-refractivity contribution is 5.95. The van der Waals surface area contributed by atoms with Crippen molar-refractivity contribution in [1.29, 1.82) is 0 Å². The zero-order chi connectivity index (χ0) is 17.1. The van der Waals surface area contributed by atoms with E-state index in [1.165, 1.54) is 0 Å². The number of hydrogen-bond donors (Lipinski definition) is 1. The molecule has 1 aliphatic heterocycles. The van der Waals surface area contributed by atoms with Crippen LogP contribution in [0.3, 0.4) is 0 Å². The van der Waals surface area contributed by atoms with Gasteiger partial charge in [-0.2, -0.15) is 0 Å². The van der Waals surface area contributed by atoms with E-state index in [9.17, 15) is 4.79 Å². The molecule has 126 valence electrons. The van der Waals surface area contributed by atoms with Crippen LogP contribution in [0.2, 0.25) is 0 Å². The molecule has 3 rings (SSSR count). The van der Waals surface area contributed by atoms with Gasteiger partial charge in [-0.05, 0) is 49.2 Å². The highest BCUT2D eigenvalue weighted by Crippen LogP contribution is 2.32. The van der Waals surface area contributed by atoms with Gasteiger partial charge in [-0.15, -0.1) is 0 Å². The van der Waals surface area contributed by atoms with E-state index in [2.05, 4.69) is 5.32 Å². The first-order valence-electron chi connectivity index (χ1n) is 7.93. The Bertz CT molecular complexity index is 757. The number of amides is 1. The molecule has 1 N–H and O–H groups in total. The number of fused-ring (bicyclic) bond motifs is 1. The molecule has 1 heterocycles. The third-order valence-electron chi connectivity index (χ3n) is 4.08. The minimum atomic E-state index is -0.152. The smallest absolute Gasteiger partial charge is 0.251 e. The molecule has 2 aromatic rings. The van der Waals surface area contributed by atoms with Crippen molar-refractivity contribution in [2.45, 2.75) is 19.9 Å². The third kappa shape index (κ3) is 3.30. The monoisotopic (exact) mass is 327 g/mol. The minimum absolute atomic E-state index is 0.143. The summed E-state index contributed by atoms with van der Waals surface area (Å²) >= 11 is 0. The van der Waals surface area contributed by atoms with E-state index in [1.807, 2.05) is 38.1 Å². The van der Waals surface area contributed by atoms with Crippen LogP contribution in [0.15, 0.2) is 36.4 Å². The number of aryl methyl sites for hydroxylation is 1. The number of methoxy groups -OCH3 is 1. The summed E-state index contributed by atoms with van der Waals surface area (Å²) in [7, 11) is 1.60. The summed E-state index contributed by atoms with van der Waals surface area (Å²) in [5.74, 6) is 2.02. The van der Waals surface area contributed by atoms with Crippen LogP contribution in [0.5, 0.6) is 17.2 Å². The van der Waals surface area contributed by atoms with Crippen LogP contribution in [0, 0.1) is 6.92 Å². The summed E-state index contributed by atoms with van der Waals surface area (Å²) in [5.41, 5.74) is 2.53. The molecular weight excluding hydrogens is 306 g/mol. The van der Waals surface area contributed by atoms with E-state index in [1.54, 1.807) is 19.2 Å². The van der Waals surface area contributed by atoms with Crippen LogP contribution < -0.4 is 19.5 Å². The van der Waals surface area contributed by atoms with Gasteiger partial charge in [0.1, 0.15) is 19.0 Å². The summed E-state index contributed by atoms with van der Waals surface area (Å²) < 4.78 is 16.4. The van der Waals surface area contributed by atoms with E-state index >= 15 is 0 Å². The molecule has 0 saturated heterocycles. The van der Waals surface area contributed by atoms with Crippen molar-refractivity contribution in [2.75, 3.05) is 20.3 Å². The van der Waals surface area contributed by atoms with Gasteiger partial charge < -0.3 is 19.5 Å². The van der Waals surface area contributed by atoms with Gasteiger partial charge in [-0.1, -0.05) is 12.1 Å². The second kappa shape index (κ2) is 6.83. The normalized spacial score (nSPS) is 14.0. The average Bonchev–Trinajstić information content (AvgIpc) is 2.61. The Morgan fingerprint density at radius 1 is 1.12 bits per heavy atom. The second-order valence-electron chi connectivity index (χ2n) is 5.78. The zero-order valence-corrected chi connectivity index (χ0v) is 14.1. The van der Waals surface area contributed by atoms with E-state index < -0.39 is 0 Å². The molecule has 0 radical (unpaired) electrons. The molecule has 5 nitrogen and oxygen atoms in total. The molecule has 0 aromatic heterocycles. The molecule has 1 unspecified atom stereocenters. The molecule has 1 aliphatic rings. The number of hydrogen-bond acceptors (Lipinski definition) is 4. The lowest BCUT2D eigenvalue weighted by Crippen LogP contribution is -2.27. The van der Waals surface area contributed by atoms with E-state index in [0.29, 0.717) is 24.5 Å². The van der Waals surface area contributed by atoms with E-state index in [4.69, 9.17) is 14.2 Å². The van der Waals surface area contributed by atoms with Crippen LogP contribution in [0.4, 0.5) is 0 Å². The fraction of sp³-hybridized carbons (Fsp3) is 0.316. The van der Waals surface area contributed by atoms with Crippen molar-refractivity contribution in [2.24, 2.45) is 0 Å². The summed E-state index contributed by atoms with van der Waals surface area (Å²) in [6, 6.07) is 11.0. The van der Waals surface area contributed by atoms with Crippen LogP contribution >= 0.6 is 0 Å². The van der Waals surface area contributed by atoms with Gasteiger partial charge in [0.25, 0.3) is 5.91 Å². The quantitative estimate of drug-likeness (QED) is 0.936. The van der Waals surface area contributed by atoms with E-state index in [0.717, 1.165) is 22.6 Å². The van der Waals surface area contributed by atoms with Crippen LogP contribution in [0.1, 0.15) is 34.5 Å². The first-order valence-corrected chi connectivity index (χ1v) is 7.93. The fourth-order valence-corrected chi connectivity index (χ4v) is 2.65. The number of nitrogens with one attached hydrogen (secondary N) is 1. The van der Waals surface area contributed by atoms with Gasteiger partial charge >= 0.3 is 0 Å². The van der Waals surface area contributed by atoms with Gasteiger partial charge in [0.05, 0.1) is 13.2 Å². The molecular formula is C19H21NO4.